The van der Waals surface area contributed by atoms with Crippen LogP contribution in [0.25, 0.3) is 0 Å². The molecule has 0 aliphatic heterocycles. The summed E-state index contributed by atoms with van der Waals surface area (Å²) in [5.41, 5.74) is 1.41. The highest BCUT2D eigenvalue weighted by molar-refractivity contribution is 5.98. The summed E-state index contributed by atoms with van der Waals surface area (Å²) in [6.45, 7) is 1.73. The number of benzene rings is 1. The summed E-state index contributed by atoms with van der Waals surface area (Å²) in [4.78, 5) is 15.1. The Balaban J connectivity index is 2.71. The van der Waals surface area contributed by atoms with Gasteiger partial charge in [0.1, 0.15) is 5.75 Å². The standard InChI is InChI=1S/C11H13NO4/c1-8(12-16-11(13)15-3)9-4-6-10(14-2)7-5-9/h4-7H,1-3H3/b12-8-. The van der Waals surface area contributed by atoms with E-state index >= 15 is 0 Å². The fourth-order valence-corrected chi connectivity index (χ4v) is 1.03. The van der Waals surface area contributed by atoms with Crippen LogP contribution >= 0.6 is 0 Å². The van der Waals surface area contributed by atoms with Gasteiger partial charge in [0, 0.05) is 0 Å². The molecule has 16 heavy (non-hydrogen) atoms. The van der Waals surface area contributed by atoms with E-state index in [1.54, 1.807) is 26.2 Å². The monoisotopic (exact) mass is 223 g/mol. The maximum Gasteiger partial charge on any atom is 0.534 e. The number of methoxy groups -OCH3 is 2. The van der Waals surface area contributed by atoms with Gasteiger partial charge in [-0.3, -0.25) is 4.84 Å². The molecule has 0 unspecified atom stereocenters. The molecule has 1 aromatic rings. The van der Waals surface area contributed by atoms with Crippen LogP contribution in [0, 0.1) is 0 Å². The molecular formula is C11H13NO4. The normalized spacial score (nSPS) is 10.8. The van der Waals surface area contributed by atoms with Gasteiger partial charge in [-0.15, -0.1) is 0 Å². The van der Waals surface area contributed by atoms with Gasteiger partial charge < -0.3 is 9.47 Å². The van der Waals surface area contributed by atoms with Gasteiger partial charge in [-0.2, -0.15) is 0 Å². The van der Waals surface area contributed by atoms with Crippen molar-refractivity contribution >= 4 is 11.9 Å². The van der Waals surface area contributed by atoms with E-state index in [0.717, 1.165) is 11.3 Å². The molecule has 0 saturated carbocycles. The summed E-state index contributed by atoms with van der Waals surface area (Å²) < 4.78 is 9.30. The highest BCUT2D eigenvalue weighted by atomic mass is 16.8. The third-order valence-corrected chi connectivity index (χ3v) is 1.93. The number of nitrogens with zero attached hydrogens (tertiary/aromatic N) is 1. The summed E-state index contributed by atoms with van der Waals surface area (Å²) in [6.07, 6.45) is -0.840. The predicted octanol–water partition coefficient (Wildman–Crippen LogP) is 2.20. The lowest BCUT2D eigenvalue weighted by Gasteiger charge is -2.02. The van der Waals surface area contributed by atoms with Crippen LogP contribution in [-0.4, -0.2) is 26.1 Å². The molecule has 0 bridgehead atoms. The van der Waals surface area contributed by atoms with Crippen molar-refractivity contribution in [3.63, 3.8) is 0 Å². The zero-order chi connectivity index (χ0) is 12.0. The van der Waals surface area contributed by atoms with Crippen molar-refractivity contribution < 1.29 is 19.1 Å². The molecule has 5 heteroatoms. The van der Waals surface area contributed by atoms with Crippen LogP contribution in [0.2, 0.25) is 0 Å². The lowest BCUT2D eigenvalue weighted by Crippen LogP contribution is -2.02. The van der Waals surface area contributed by atoms with Crippen molar-refractivity contribution in [2.45, 2.75) is 6.92 Å². The number of rotatable bonds is 3. The first-order valence-electron chi connectivity index (χ1n) is 4.61. The maximum atomic E-state index is 10.7. The first-order chi connectivity index (χ1) is 7.67. The van der Waals surface area contributed by atoms with Gasteiger partial charge in [0.15, 0.2) is 0 Å². The molecule has 0 spiro atoms. The van der Waals surface area contributed by atoms with Crippen LogP contribution in [-0.2, 0) is 9.57 Å². The van der Waals surface area contributed by atoms with Crippen LogP contribution in [0.5, 0.6) is 5.75 Å². The topological polar surface area (TPSA) is 57.1 Å². The molecule has 0 aliphatic carbocycles. The quantitative estimate of drug-likeness (QED) is 0.341. The van der Waals surface area contributed by atoms with Crippen LogP contribution in [0.3, 0.4) is 0 Å². The SMILES string of the molecule is COC(=O)O/N=C(/C)c1ccc(OC)cc1. The summed E-state index contributed by atoms with van der Waals surface area (Å²) >= 11 is 0. The maximum absolute atomic E-state index is 10.7. The Hall–Kier alpha value is -2.04. The van der Waals surface area contributed by atoms with E-state index in [-0.39, 0.29) is 0 Å². The second kappa shape index (κ2) is 5.75. The summed E-state index contributed by atoms with van der Waals surface area (Å²) in [6, 6.07) is 7.23. The zero-order valence-corrected chi connectivity index (χ0v) is 9.39. The molecule has 1 aromatic carbocycles. The summed E-state index contributed by atoms with van der Waals surface area (Å²) in [5.74, 6) is 0.755. The Bertz CT molecular complexity index is 383. The van der Waals surface area contributed by atoms with Crippen molar-refractivity contribution in [3.05, 3.63) is 29.8 Å². The molecule has 0 N–H and O–H groups in total. The minimum Gasteiger partial charge on any atom is -0.497 e. The van der Waals surface area contributed by atoms with Gasteiger partial charge in [-0.05, 0) is 36.8 Å². The fraction of sp³-hybridized carbons (Fsp3) is 0.273. The second-order valence-corrected chi connectivity index (χ2v) is 2.95. The Labute approximate surface area is 93.6 Å². The molecule has 0 radical (unpaired) electrons. The molecule has 1 rings (SSSR count). The molecule has 5 nitrogen and oxygen atoms in total. The van der Waals surface area contributed by atoms with Crippen molar-refractivity contribution in [1.29, 1.82) is 0 Å². The zero-order valence-electron chi connectivity index (χ0n) is 9.39. The van der Waals surface area contributed by atoms with Crippen LogP contribution in [0.1, 0.15) is 12.5 Å². The van der Waals surface area contributed by atoms with Gasteiger partial charge in [0.2, 0.25) is 0 Å². The van der Waals surface area contributed by atoms with Crippen molar-refractivity contribution in [3.8, 4) is 5.75 Å². The van der Waals surface area contributed by atoms with Crippen molar-refractivity contribution in [2.24, 2.45) is 5.16 Å². The smallest absolute Gasteiger partial charge is 0.497 e. The Kier molecular flexibility index (Phi) is 4.32. The number of hydrogen-bond donors (Lipinski definition) is 0. The molecule has 0 aromatic heterocycles. The van der Waals surface area contributed by atoms with Crippen LogP contribution in [0.4, 0.5) is 4.79 Å². The molecule has 86 valence electrons. The molecule has 0 saturated heterocycles. The van der Waals surface area contributed by atoms with E-state index in [2.05, 4.69) is 14.7 Å². The minimum absolute atomic E-state index is 0.577. The first-order valence-corrected chi connectivity index (χ1v) is 4.61. The lowest BCUT2D eigenvalue weighted by molar-refractivity contribution is 0.0753. The van der Waals surface area contributed by atoms with E-state index < -0.39 is 6.16 Å². The van der Waals surface area contributed by atoms with Crippen molar-refractivity contribution in [2.75, 3.05) is 14.2 Å². The molecular weight excluding hydrogens is 210 g/mol. The fourth-order valence-electron chi connectivity index (χ4n) is 1.03. The van der Waals surface area contributed by atoms with E-state index in [0.29, 0.717) is 5.71 Å². The van der Waals surface area contributed by atoms with Crippen molar-refractivity contribution in [1.82, 2.24) is 0 Å². The summed E-state index contributed by atoms with van der Waals surface area (Å²) in [7, 11) is 2.82. The van der Waals surface area contributed by atoms with Gasteiger partial charge >= 0.3 is 6.16 Å². The number of carbonyl (C=O) groups is 1. The largest absolute Gasteiger partial charge is 0.534 e. The number of oxime groups is 1. The van der Waals surface area contributed by atoms with E-state index in [9.17, 15) is 4.79 Å². The van der Waals surface area contributed by atoms with Gasteiger partial charge in [0.25, 0.3) is 0 Å². The molecule has 0 fully saturated rings. The van der Waals surface area contributed by atoms with Gasteiger partial charge in [-0.25, -0.2) is 4.79 Å². The van der Waals surface area contributed by atoms with Gasteiger partial charge in [0.05, 0.1) is 19.9 Å². The highest BCUT2D eigenvalue weighted by Gasteiger charge is 2.02. The van der Waals surface area contributed by atoms with E-state index in [1.165, 1.54) is 7.11 Å². The van der Waals surface area contributed by atoms with E-state index in [4.69, 9.17) is 4.74 Å². The third kappa shape index (κ3) is 3.27. The molecule has 0 aliphatic rings. The molecule has 0 atom stereocenters. The summed E-state index contributed by atoms with van der Waals surface area (Å²) in [5, 5.41) is 3.62. The predicted molar refractivity (Wildman–Crippen MR) is 58.7 cm³/mol. The Morgan fingerprint density at radius 3 is 2.31 bits per heavy atom. The second-order valence-electron chi connectivity index (χ2n) is 2.95. The van der Waals surface area contributed by atoms with Crippen LogP contribution in [0.15, 0.2) is 29.4 Å². The van der Waals surface area contributed by atoms with E-state index in [1.807, 2.05) is 12.1 Å². The Morgan fingerprint density at radius 2 is 1.81 bits per heavy atom. The molecule has 0 amide bonds. The lowest BCUT2D eigenvalue weighted by atomic mass is 10.1. The number of carbonyl (C=O) groups excluding carboxylic acids is 1. The van der Waals surface area contributed by atoms with Crippen LogP contribution < -0.4 is 4.74 Å². The Morgan fingerprint density at radius 1 is 1.19 bits per heavy atom. The third-order valence-electron chi connectivity index (χ3n) is 1.93. The van der Waals surface area contributed by atoms with Gasteiger partial charge in [-0.1, -0.05) is 5.16 Å². The first kappa shape index (κ1) is 12.0. The average molecular weight is 223 g/mol. The highest BCUT2D eigenvalue weighted by Crippen LogP contribution is 2.12. The molecule has 0 heterocycles. The average Bonchev–Trinajstić information content (AvgIpc) is 2.35. The number of hydrogen-bond acceptors (Lipinski definition) is 5. The number of ether oxygens (including phenoxy) is 2. The minimum atomic E-state index is -0.840.